The number of anilines is 3. The molecule has 6 nitrogen and oxygen atoms in total. The second kappa shape index (κ2) is 5.62. The molecular weight excluding hydrogens is 264 g/mol. The number of benzene rings is 1. The van der Waals surface area contributed by atoms with E-state index in [0.29, 0.717) is 5.82 Å². The second-order valence-electron chi connectivity index (χ2n) is 4.73. The number of nitrogens with two attached hydrogens (primary N) is 2. The predicted molar refractivity (Wildman–Crippen MR) is 84.8 cm³/mol. The minimum Gasteiger partial charge on any atom is -0.385 e. The quantitative estimate of drug-likeness (QED) is 0.674. The lowest BCUT2D eigenvalue weighted by Crippen LogP contribution is -2.05. The second-order valence-corrected chi connectivity index (χ2v) is 4.73. The molecule has 0 unspecified atom stereocenters. The number of hydrogen-bond donors (Lipinski definition) is 3. The molecule has 0 atom stereocenters. The van der Waals surface area contributed by atoms with E-state index in [9.17, 15) is 0 Å². The summed E-state index contributed by atoms with van der Waals surface area (Å²) in [5, 5.41) is 4.17. The molecule has 0 radical (unpaired) electrons. The number of nitrogens with one attached hydrogen (secondary N) is 1. The summed E-state index contributed by atoms with van der Waals surface area (Å²) < 4.78 is 0. The molecule has 6 heteroatoms. The van der Waals surface area contributed by atoms with Crippen LogP contribution < -0.4 is 16.8 Å². The van der Waals surface area contributed by atoms with Crippen molar-refractivity contribution in [3.8, 4) is 0 Å². The first kappa shape index (κ1) is 13.1. The molecule has 0 saturated heterocycles. The van der Waals surface area contributed by atoms with Crippen LogP contribution in [0.25, 0.3) is 10.9 Å². The van der Waals surface area contributed by atoms with E-state index in [2.05, 4.69) is 20.3 Å². The summed E-state index contributed by atoms with van der Waals surface area (Å²) >= 11 is 0. The first-order chi connectivity index (χ1) is 10.2. The average molecular weight is 280 g/mol. The highest BCUT2D eigenvalue weighted by atomic mass is 15.0. The Balaban J connectivity index is 1.73. The fraction of sp³-hybridized carbons (Fsp3) is 0.133. The van der Waals surface area contributed by atoms with E-state index in [4.69, 9.17) is 11.5 Å². The first-order valence-corrected chi connectivity index (χ1v) is 6.68. The largest absolute Gasteiger partial charge is 0.385 e. The molecule has 5 N–H and O–H groups in total. The molecule has 0 aliphatic carbocycles. The average Bonchev–Trinajstić information content (AvgIpc) is 2.49. The monoisotopic (exact) mass is 280 g/mol. The fourth-order valence-electron chi connectivity index (χ4n) is 2.18. The highest BCUT2D eigenvalue weighted by Gasteiger charge is 2.04. The van der Waals surface area contributed by atoms with Crippen molar-refractivity contribution in [2.45, 2.75) is 6.42 Å². The van der Waals surface area contributed by atoms with Crippen molar-refractivity contribution < 1.29 is 0 Å². The molecule has 0 amide bonds. The standard InChI is InChI=1S/C15H16N6/c16-14-12-9-11(1-2-13(12)20-15(17)21-14)19-8-5-10-3-6-18-7-4-10/h1-4,6-7,9,19H,5,8H2,(H4,16,17,20,21). The summed E-state index contributed by atoms with van der Waals surface area (Å²) in [7, 11) is 0. The van der Waals surface area contributed by atoms with Crippen molar-refractivity contribution in [3.63, 3.8) is 0 Å². The number of hydrogen-bond acceptors (Lipinski definition) is 6. The van der Waals surface area contributed by atoms with Crippen LogP contribution in [0.3, 0.4) is 0 Å². The van der Waals surface area contributed by atoms with Crippen molar-refractivity contribution in [1.82, 2.24) is 15.0 Å². The molecule has 2 aromatic heterocycles. The van der Waals surface area contributed by atoms with Crippen molar-refractivity contribution in [2.24, 2.45) is 0 Å². The van der Waals surface area contributed by atoms with Crippen LogP contribution in [0.15, 0.2) is 42.7 Å². The van der Waals surface area contributed by atoms with Gasteiger partial charge in [-0.15, -0.1) is 0 Å². The van der Waals surface area contributed by atoms with E-state index >= 15 is 0 Å². The molecule has 0 fully saturated rings. The van der Waals surface area contributed by atoms with Gasteiger partial charge in [0.1, 0.15) is 5.82 Å². The molecule has 0 aliphatic heterocycles. The van der Waals surface area contributed by atoms with Gasteiger partial charge in [-0.3, -0.25) is 4.98 Å². The Bertz CT molecular complexity index is 757. The van der Waals surface area contributed by atoms with Crippen molar-refractivity contribution in [2.75, 3.05) is 23.3 Å². The summed E-state index contributed by atoms with van der Waals surface area (Å²) in [4.78, 5) is 12.1. The maximum atomic E-state index is 5.88. The fourth-order valence-corrected chi connectivity index (χ4v) is 2.18. The Morgan fingerprint density at radius 2 is 1.81 bits per heavy atom. The molecule has 0 saturated carbocycles. The summed E-state index contributed by atoms with van der Waals surface area (Å²) in [6.07, 6.45) is 4.52. The molecule has 106 valence electrons. The van der Waals surface area contributed by atoms with Crippen LogP contribution in [0.1, 0.15) is 5.56 Å². The lowest BCUT2D eigenvalue weighted by Gasteiger charge is -2.08. The van der Waals surface area contributed by atoms with E-state index in [1.807, 2.05) is 30.3 Å². The van der Waals surface area contributed by atoms with Crippen LogP contribution in [0.4, 0.5) is 17.5 Å². The molecule has 2 heterocycles. The number of pyridine rings is 1. The molecule has 0 bridgehead atoms. The maximum absolute atomic E-state index is 5.88. The number of nitrogen functional groups attached to an aromatic ring is 2. The molecule has 3 aromatic rings. The number of aromatic nitrogens is 3. The SMILES string of the molecule is Nc1nc(N)c2cc(NCCc3ccncc3)ccc2n1. The molecule has 0 spiro atoms. The van der Waals surface area contributed by atoms with E-state index in [0.717, 1.165) is 29.6 Å². The van der Waals surface area contributed by atoms with Gasteiger partial charge in [0.15, 0.2) is 0 Å². The molecule has 3 rings (SSSR count). The normalized spacial score (nSPS) is 10.7. The zero-order chi connectivity index (χ0) is 14.7. The van der Waals surface area contributed by atoms with Gasteiger partial charge in [-0.1, -0.05) is 0 Å². The van der Waals surface area contributed by atoms with Gasteiger partial charge < -0.3 is 16.8 Å². The zero-order valence-electron chi connectivity index (χ0n) is 11.5. The van der Waals surface area contributed by atoms with Gasteiger partial charge in [0.25, 0.3) is 0 Å². The third kappa shape index (κ3) is 3.00. The van der Waals surface area contributed by atoms with E-state index in [-0.39, 0.29) is 5.95 Å². The first-order valence-electron chi connectivity index (χ1n) is 6.68. The van der Waals surface area contributed by atoms with Crippen LogP contribution in [0, 0.1) is 0 Å². The van der Waals surface area contributed by atoms with Crippen LogP contribution >= 0.6 is 0 Å². The molecule has 1 aromatic carbocycles. The van der Waals surface area contributed by atoms with Gasteiger partial charge in [0, 0.05) is 30.0 Å². The van der Waals surface area contributed by atoms with Crippen molar-refractivity contribution in [1.29, 1.82) is 0 Å². The maximum Gasteiger partial charge on any atom is 0.222 e. The smallest absolute Gasteiger partial charge is 0.222 e. The van der Waals surface area contributed by atoms with Gasteiger partial charge in [0.05, 0.1) is 5.52 Å². The lowest BCUT2D eigenvalue weighted by molar-refractivity contribution is 1.01. The van der Waals surface area contributed by atoms with Gasteiger partial charge >= 0.3 is 0 Å². The van der Waals surface area contributed by atoms with E-state index in [1.165, 1.54) is 5.56 Å². The highest BCUT2D eigenvalue weighted by molar-refractivity contribution is 5.91. The van der Waals surface area contributed by atoms with Crippen LogP contribution in [0.5, 0.6) is 0 Å². The van der Waals surface area contributed by atoms with Crippen LogP contribution in [-0.2, 0) is 6.42 Å². The number of fused-ring (bicyclic) bond motifs is 1. The third-order valence-corrected chi connectivity index (χ3v) is 3.23. The van der Waals surface area contributed by atoms with Gasteiger partial charge in [-0.2, -0.15) is 4.98 Å². The Morgan fingerprint density at radius 1 is 1.00 bits per heavy atom. The molecule has 0 aliphatic rings. The summed E-state index contributed by atoms with van der Waals surface area (Å²) in [6, 6.07) is 9.81. The van der Waals surface area contributed by atoms with Crippen LogP contribution in [0.2, 0.25) is 0 Å². The lowest BCUT2D eigenvalue weighted by atomic mass is 10.2. The minimum absolute atomic E-state index is 0.193. The van der Waals surface area contributed by atoms with Gasteiger partial charge in [-0.25, -0.2) is 4.98 Å². The third-order valence-electron chi connectivity index (χ3n) is 3.23. The summed E-state index contributed by atoms with van der Waals surface area (Å²) in [5.74, 6) is 0.591. The Hall–Kier alpha value is -2.89. The number of rotatable bonds is 4. The van der Waals surface area contributed by atoms with Gasteiger partial charge in [-0.05, 0) is 42.3 Å². The predicted octanol–water partition coefficient (Wildman–Crippen LogP) is 1.84. The van der Waals surface area contributed by atoms with Crippen molar-refractivity contribution in [3.05, 3.63) is 48.3 Å². The van der Waals surface area contributed by atoms with Crippen molar-refractivity contribution >= 4 is 28.4 Å². The number of nitrogens with zero attached hydrogens (tertiary/aromatic N) is 3. The highest BCUT2D eigenvalue weighted by Crippen LogP contribution is 2.22. The molecule has 21 heavy (non-hydrogen) atoms. The zero-order valence-corrected chi connectivity index (χ0v) is 11.5. The van der Waals surface area contributed by atoms with Gasteiger partial charge in [0.2, 0.25) is 5.95 Å². The van der Waals surface area contributed by atoms with E-state index < -0.39 is 0 Å². The van der Waals surface area contributed by atoms with E-state index in [1.54, 1.807) is 12.4 Å². The topological polar surface area (TPSA) is 103 Å². The van der Waals surface area contributed by atoms with Crippen LogP contribution in [-0.4, -0.2) is 21.5 Å². The minimum atomic E-state index is 0.193. The summed E-state index contributed by atoms with van der Waals surface area (Å²) in [5.41, 5.74) is 14.4. The Morgan fingerprint density at radius 3 is 2.62 bits per heavy atom. The molecular formula is C15H16N6. The Labute approximate surface area is 122 Å². The Kier molecular flexibility index (Phi) is 3.51. The summed E-state index contributed by atoms with van der Waals surface area (Å²) in [6.45, 7) is 0.825.